The van der Waals surface area contributed by atoms with Crippen LogP contribution >= 0.6 is 0 Å². The molecule has 1 aliphatic carbocycles. The second-order valence-corrected chi connectivity index (χ2v) is 2.95. The average molecular weight is 137 g/mol. The zero-order valence-corrected chi connectivity index (χ0v) is 6.72. The van der Waals surface area contributed by atoms with Crippen LogP contribution in [0.4, 0.5) is 0 Å². The van der Waals surface area contributed by atoms with Gasteiger partial charge in [-0.3, -0.25) is 0 Å². The van der Waals surface area contributed by atoms with E-state index in [2.05, 4.69) is 26.0 Å². The molecule has 0 aromatic heterocycles. The molecule has 0 spiro atoms. The molecule has 0 bridgehead atoms. The number of allylic oxidation sites excluding steroid dienone is 3. The Bertz CT molecular complexity index is 177. The summed E-state index contributed by atoms with van der Waals surface area (Å²) < 4.78 is 0. The van der Waals surface area contributed by atoms with Crippen molar-refractivity contribution in [3.8, 4) is 0 Å². The summed E-state index contributed by atoms with van der Waals surface area (Å²) >= 11 is 0. The van der Waals surface area contributed by atoms with Gasteiger partial charge in [0.15, 0.2) is 0 Å². The quantitative estimate of drug-likeness (QED) is 0.619. The first-order valence-corrected chi connectivity index (χ1v) is 3.86. The molecule has 10 heavy (non-hydrogen) atoms. The Morgan fingerprint density at radius 3 is 2.70 bits per heavy atom. The molecule has 0 saturated carbocycles. The summed E-state index contributed by atoms with van der Waals surface area (Å²) in [5.74, 6) is 0. The lowest BCUT2D eigenvalue weighted by molar-refractivity contribution is 0.724. The summed E-state index contributed by atoms with van der Waals surface area (Å²) in [6.45, 7) is 4.27. The van der Waals surface area contributed by atoms with Gasteiger partial charge in [-0.25, -0.2) is 0 Å². The summed E-state index contributed by atoms with van der Waals surface area (Å²) in [4.78, 5) is 0. The lowest BCUT2D eigenvalue weighted by atomic mass is 10.0. The molecule has 0 unspecified atom stereocenters. The van der Waals surface area contributed by atoms with Gasteiger partial charge in [0.1, 0.15) is 0 Å². The maximum Gasteiger partial charge on any atom is 0.0257 e. The second kappa shape index (κ2) is 3.02. The van der Waals surface area contributed by atoms with E-state index in [1.165, 1.54) is 11.1 Å². The van der Waals surface area contributed by atoms with E-state index in [0.717, 1.165) is 12.8 Å². The van der Waals surface area contributed by atoms with Crippen LogP contribution in [0.1, 0.15) is 26.7 Å². The molecule has 1 nitrogen and oxygen atoms in total. The molecule has 0 saturated heterocycles. The van der Waals surface area contributed by atoms with E-state index < -0.39 is 0 Å². The van der Waals surface area contributed by atoms with Crippen LogP contribution in [0.15, 0.2) is 23.3 Å². The summed E-state index contributed by atoms with van der Waals surface area (Å²) in [7, 11) is 0. The predicted octanol–water partition coefficient (Wildman–Crippen LogP) is 2.00. The fourth-order valence-electron chi connectivity index (χ4n) is 1.21. The van der Waals surface area contributed by atoms with Crippen molar-refractivity contribution in [1.82, 2.24) is 0 Å². The molecule has 1 atom stereocenters. The van der Waals surface area contributed by atoms with Gasteiger partial charge in [0.05, 0.1) is 0 Å². The molecule has 0 amide bonds. The summed E-state index contributed by atoms with van der Waals surface area (Å²) in [5, 5.41) is 0. The van der Waals surface area contributed by atoms with Gasteiger partial charge in [0.25, 0.3) is 0 Å². The Hall–Kier alpha value is -0.560. The van der Waals surface area contributed by atoms with E-state index in [9.17, 15) is 0 Å². The first-order chi connectivity index (χ1) is 4.74. The van der Waals surface area contributed by atoms with Gasteiger partial charge >= 0.3 is 0 Å². The van der Waals surface area contributed by atoms with Crippen molar-refractivity contribution in [2.45, 2.75) is 32.7 Å². The summed E-state index contributed by atoms with van der Waals surface area (Å²) in [5.41, 5.74) is 8.66. The third-order valence-corrected chi connectivity index (χ3v) is 1.98. The van der Waals surface area contributed by atoms with Crippen molar-refractivity contribution in [2.75, 3.05) is 0 Å². The Kier molecular flexibility index (Phi) is 2.28. The van der Waals surface area contributed by atoms with Crippen LogP contribution in [0.5, 0.6) is 0 Å². The standard InChI is InChI=1S/C9H15N/c1-3-9(10)8-5-4-7(2)6-8/h4-5,9H,3,6,10H2,1-2H3/t9-/m1/s1. The molecule has 0 aliphatic heterocycles. The van der Waals surface area contributed by atoms with Crippen molar-refractivity contribution in [1.29, 1.82) is 0 Å². The molecule has 1 aliphatic rings. The number of hydrogen-bond donors (Lipinski definition) is 1. The number of nitrogens with two attached hydrogens (primary N) is 1. The summed E-state index contributed by atoms with van der Waals surface area (Å²) in [6.07, 6.45) is 6.45. The van der Waals surface area contributed by atoms with Crippen LogP contribution in [0.3, 0.4) is 0 Å². The minimum Gasteiger partial charge on any atom is -0.324 e. The second-order valence-electron chi connectivity index (χ2n) is 2.95. The van der Waals surface area contributed by atoms with E-state index in [1.807, 2.05) is 0 Å². The van der Waals surface area contributed by atoms with Crippen LogP contribution < -0.4 is 5.73 Å². The fraction of sp³-hybridized carbons (Fsp3) is 0.556. The van der Waals surface area contributed by atoms with Crippen molar-refractivity contribution < 1.29 is 0 Å². The molecule has 0 aromatic carbocycles. The monoisotopic (exact) mass is 137 g/mol. The van der Waals surface area contributed by atoms with Gasteiger partial charge in [-0.15, -0.1) is 0 Å². The van der Waals surface area contributed by atoms with E-state index in [0.29, 0.717) is 0 Å². The van der Waals surface area contributed by atoms with Gasteiger partial charge in [0.2, 0.25) is 0 Å². The van der Waals surface area contributed by atoms with E-state index in [1.54, 1.807) is 0 Å². The SMILES string of the molecule is CC[C@@H](N)C1=CC=C(C)C1. The highest BCUT2D eigenvalue weighted by atomic mass is 14.6. The molecule has 0 aromatic rings. The Morgan fingerprint density at radius 2 is 2.30 bits per heavy atom. The molecule has 1 rings (SSSR count). The average Bonchev–Trinajstić information content (AvgIpc) is 2.34. The molecule has 56 valence electrons. The predicted molar refractivity (Wildman–Crippen MR) is 44.7 cm³/mol. The van der Waals surface area contributed by atoms with Crippen molar-refractivity contribution >= 4 is 0 Å². The zero-order valence-electron chi connectivity index (χ0n) is 6.72. The lowest BCUT2D eigenvalue weighted by Gasteiger charge is -2.09. The van der Waals surface area contributed by atoms with Gasteiger partial charge in [-0.2, -0.15) is 0 Å². The van der Waals surface area contributed by atoms with Crippen LogP contribution in [0.2, 0.25) is 0 Å². The Labute approximate surface area is 62.6 Å². The normalized spacial score (nSPS) is 20.3. The lowest BCUT2D eigenvalue weighted by Crippen LogP contribution is -2.20. The number of hydrogen-bond acceptors (Lipinski definition) is 1. The van der Waals surface area contributed by atoms with E-state index >= 15 is 0 Å². The Morgan fingerprint density at radius 1 is 1.60 bits per heavy atom. The van der Waals surface area contributed by atoms with Gasteiger partial charge < -0.3 is 5.73 Å². The first-order valence-electron chi connectivity index (χ1n) is 3.86. The van der Waals surface area contributed by atoms with Crippen molar-refractivity contribution in [3.05, 3.63) is 23.3 Å². The number of rotatable bonds is 2. The maximum atomic E-state index is 5.84. The molecular weight excluding hydrogens is 122 g/mol. The van der Waals surface area contributed by atoms with Crippen LogP contribution in [-0.2, 0) is 0 Å². The fourth-order valence-corrected chi connectivity index (χ4v) is 1.21. The topological polar surface area (TPSA) is 26.0 Å². The molecule has 1 heteroatoms. The van der Waals surface area contributed by atoms with Gasteiger partial charge in [0, 0.05) is 6.04 Å². The van der Waals surface area contributed by atoms with E-state index in [-0.39, 0.29) is 6.04 Å². The Balaban J connectivity index is 2.49. The molecule has 2 N–H and O–H groups in total. The van der Waals surface area contributed by atoms with Crippen molar-refractivity contribution in [2.24, 2.45) is 5.73 Å². The first kappa shape index (κ1) is 7.55. The highest BCUT2D eigenvalue weighted by Gasteiger charge is 2.09. The van der Waals surface area contributed by atoms with E-state index in [4.69, 9.17) is 5.73 Å². The maximum absolute atomic E-state index is 5.84. The highest BCUT2D eigenvalue weighted by Crippen LogP contribution is 2.21. The third kappa shape index (κ3) is 1.48. The third-order valence-electron chi connectivity index (χ3n) is 1.98. The van der Waals surface area contributed by atoms with Crippen LogP contribution in [0.25, 0.3) is 0 Å². The molecular formula is C9H15N. The minimum atomic E-state index is 0.286. The molecule has 0 fully saturated rings. The zero-order chi connectivity index (χ0) is 7.56. The van der Waals surface area contributed by atoms with Gasteiger partial charge in [-0.1, -0.05) is 24.6 Å². The molecule has 0 radical (unpaired) electrons. The molecule has 0 heterocycles. The largest absolute Gasteiger partial charge is 0.324 e. The minimum absolute atomic E-state index is 0.286. The van der Waals surface area contributed by atoms with Crippen LogP contribution in [0, 0.1) is 0 Å². The van der Waals surface area contributed by atoms with Gasteiger partial charge in [-0.05, 0) is 25.3 Å². The summed E-state index contributed by atoms with van der Waals surface area (Å²) in [6, 6.07) is 0.286. The van der Waals surface area contributed by atoms with Crippen LogP contribution in [-0.4, -0.2) is 6.04 Å². The van der Waals surface area contributed by atoms with Crippen molar-refractivity contribution in [3.63, 3.8) is 0 Å². The highest BCUT2D eigenvalue weighted by molar-refractivity contribution is 5.31. The smallest absolute Gasteiger partial charge is 0.0257 e.